The van der Waals surface area contributed by atoms with Crippen LogP contribution in [0.25, 0.3) is 0 Å². The smallest absolute Gasteiger partial charge is 0.229 e. The van der Waals surface area contributed by atoms with Crippen molar-refractivity contribution < 1.29 is 14.3 Å². The van der Waals surface area contributed by atoms with Crippen molar-refractivity contribution in [3.05, 3.63) is 24.3 Å². The number of anilines is 1. The van der Waals surface area contributed by atoms with E-state index in [-0.39, 0.29) is 23.8 Å². The van der Waals surface area contributed by atoms with E-state index in [1.165, 1.54) is 0 Å². The largest absolute Gasteiger partial charge is 0.497 e. The van der Waals surface area contributed by atoms with E-state index in [0.717, 1.165) is 5.69 Å². The summed E-state index contributed by atoms with van der Waals surface area (Å²) >= 11 is 0. The standard InChI is InChI=1S/C15H21N3O3/c1-10(8-16)15(20)17-11-6-14(19)18(9-11)12-4-3-5-13(7-12)21-2/h3-5,7,10-11H,6,8-9,16H2,1-2H3,(H,17,20). The van der Waals surface area contributed by atoms with Crippen LogP contribution in [0.2, 0.25) is 0 Å². The maximum Gasteiger partial charge on any atom is 0.229 e. The highest BCUT2D eigenvalue weighted by Gasteiger charge is 2.32. The number of amides is 2. The van der Waals surface area contributed by atoms with Gasteiger partial charge >= 0.3 is 0 Å². The summed E-state index contributed by atoms with van der Waals surface area (Å²) in [6, 6.07) is 7.15. The molecule has 2 unspecified atom stereocenters. The van der Waals surface area contributed by atoms with Crippen molar-refractivity contribution in [1.82, 2.24) is 5.32 Å². The summed E-state index contributed by atoms with van der Waals surface area (Å²) in [6.45, 7) is 2.53. The Balaban J connectivity index is 2.04. The topological polar surface area (TPSA) is 84.7 Å². The minimum absolute atomic E-state index is 0.00560. The number of nitrogens with one attached hydrogen (secondary N) is 1. The Labute approximate surface area is 124 Å². The van der Waals surface area contributed by atoms with Crippen LogP contribution in [0.3, 0.4) is 0 Å². The minimum Gasteiger partial charge on any atom is -0.497 e. The van der Waals surface area contributed by atoms with Crippen LogP contribution in [0, 0.1) is 5.92 Å². The number of hydrogen-bond acceptors (Lipinski definition) is 4. The first-order valence-corrected chi connectivity index (χ1v) is 7.00. The van der Waals surface area contributed by atoms with Gasteiger partial charge in [-0.15, -0.1) is 0 Å². The molecule has 1 aromatic carbocycles. The second-order valence-electron chi connectivity index (χ2n) is 5.25. The zero-order valence-electron chi connectivity index (χ0n) is 12.3. The van der Waals surface area contributed by atoms with Gasteiger partial charge in [-0.05, 0) is 12.1 Å². The van der Waals surface area contributed by atoms with Gasteiger partial charge in [0.25, 0.3) is 0 Å². The highest BCUT2D eigenvalue weighted by atomic mass is 16.5. The van der Waals surface area contributed by atoms with Crippen molar-refractivity contribution in [1.29, 1.82) is 0 Å². The summed E-state index contributed by atoms with van der Waals surface area (Å²) in [5.74, 6) is 0.340. The number of ether oxygens (including phenoxy) is 1. The monoisotopic (exact) mass is 291 g/mol. The van der Waals surface area contributed by atoms with Gasteiger partial charge in [-0.25, -0.2) is 0 Å². The molecular weight excluding hydrogens is 270 g/mol. The average Bonchev–Trinajstić information content (AvgIpc) is 2.86. The van der Waals surface area contributed by atoms with Gasteiger partial charge in [0, 0.05) is 37.2 Å². The molecule has 2 atom stereocenters. The molecule has 0 bridgehead atoms. The Morgan fingerprint density at radius 2 is 2.33 bits per heavy atom. The highest BCUT2D eigenvalue weighted by molar-refractivity contribution is 5.97. The fourth-order valence-electron chi connectivity index (χ4n) is 2.28. The average molecular weight is 291 g/mol. The number of hydrogen-bond donors (Lipinski definition) is 2. The summed E-state index contributed by atoms with van der Waals surface area (Å²) in [5.41, 5.74) is 6.25. The van der Waals surface area contributed by atoms with Gasteiger partial charge in [0.15, 0.2) is 0 Å². The Hall–Kier alpha value is -2.08. The number of nitrogens with two attached hydrogens (primary N) is 1. The fraction of sp³-hybridized carbons (Fsp3) is 0.467. The van der Waals surface area contributed by atoms with E-state index in [9.17, 15) is 9.59 Å². The van der Waals surface area contributed by atoms with Gasteiger partial charge in [0.2, 0.25) is 11.8 Å². The Morgan fingerprint density at radius 1 is 1.57 bits per heavy atom. The lowest BCUT2D eigenvalue weighted by atomic mass is 10.1. The molecule has 1 aliphatic heterocycles. The molecule has 0 saturated carbocycles. The van der Waals surface area contributed by atoms with Crippen molar-refractivity contribution in [2.45, 2.75) is 19.4 Å². The minimum atomic E-state index is -0.244. The van der Waals surface area contributed by atoms with Crippen LogP contribution in [-0.4, -0.2) is 38.1 Å². The SMILES string of the molecule is COc1cccc(N2CC(NC(=O)C(C)CN)CC2=O)c1. The van der Waals surface area contributed by atoms with Crippen LogP contribution < -0.4 is 20.7 Å². The predicted octanol–water partition coefficient (Wildman–Crippen LogP) is 0.511. The second-order valence-corrected chi connectivity index (χ2v) is 5.25. The number of carbonyl (C=O) groups excluding carboxylic acids is 2. The molecule has 2 rings (SSSR count). The van der Waals surface area contributed by atoms with Crippen molar-refractivity contribution in [3.8, 4) is 5.75 Å². The van der Waals surface area contributed by atoms with Gasteiger partial charge in [0.1, 0.15) is 5.75 Å². The molecule has 114 valence electrons. The van der Waals surface area contributed by atoms with Gasteiger partial charge in [0.05, 0.1) is 13.2 Å². The predicted molar refractivity (Wildman–Crippen MR) is 80.1 cm³/mol. The van der Waals surface area contributed by atoms with Crippen molar-refractivity contribution >= 4 is 17.5 Å². The first kappa shape index (κ1) is 15.3. The normalized spacial score (nSPS) is 19.5. The lowest BCUT2D eigenvalue weighted by Crippen LogP contribution is -2.41. The zero-order chi connectivity index (χ0) is 15.4. The molecular formula is C15H21N3O3. The van der Waals surface area contributed by atoms with E-state index in [0.29, 0.717) is 25.3 Å². The maximum absolute atomic E-state index is 12.1. The summed E-state index contributed by atoms with van der Waals surface area (Å²) in [6.07, 6.45) is 0.306. The first-order chi connectivity index (χ1) is 10.0. The summed E-state index contributed by atoms with van der Waals surface area (Å²) in [7, 11) is 1.59. The molecule has 1 aliphatic rings. The van der Waals surface area contributed by atoms with Crippen LogP contribution in [-0.2, 0) is 9.59 Å². The van der Waals surface area contributed by atoms with Crippen LogP contribution in [0.1, 0.15) is 13.3 Å². The summed E-state index contributed by atoms with van der Waals surface area (Å²) in [4.78, 5) is 25.6. The molecule has 1 aromatic rings. The van der Waals surface area contributed by atoms with Crippen LogP contribution in [0.15, 0.2) is 24.3 Å². The molecule has 6 nitrogen and oxygen atoms in total. The number of benzene rings is 1. The van der Waals surface area contributed by atoms with Crippen LogP contribution in [0.5, 0.6) is 5.75 Å². The Bertz CT molecular complexity index is 533. The molecule has 21 heavy (non-hydrogen) atoms. The Morgan fingerprint density at radius 3 is 3.00 bits per heavy atom. The van der Waals surface area contributed by atoms with Crippen LogP contribution in [0.4, 0.5) is 5.69 Å². The number of rotatable bonds is 5. The third-order valence-corrected chi connectivity index (χ3v) is 3.64. The molecule has 0 aromatic heterocycles. The second kappa shape index (κ2) is 6.58. The highest BCUT2D eigenvalue weighted by Crippen LogP contribution is 2.25. The van der Waals surface area contributed by atoms with E-state index in [4.69, 9.17) is 10.5 Å². The molecule has 0 aliphatic carbocycles. The van der Waals surface area contributed by atoms with E-state index in [1.54, 1.807) is 18.9 Å². The van der Waals surface area contributed by atoms with Crippen molar-refractivity contribution in [3.63, 3.8) is 0 Å². The molecule has 1 heterocycles. The fourth-order valence-corrected chi connectivity index (χ4v) is 2.28. The third-order valence-electron chi connectivity index (χ3n) is 3.64. The number of nitrogens with zero attached hydrogens (tertiary/aromatic N) is 1. The molecule has 1 fully saturated rings. The lowest BCUT2D eigenvalue weighted by molar-refractivity contribution is -0.124. The third kappa shape index (κ3) is 3.52. The van der Waals surface area contributed by atoms with Gasteiger partial charge in [-0.2, -0.15) is 0 Å². The maximum atomic E-state index is 12.1. The molecule has 0 spiro atoms. The summed E-state index contributed by atoms with van der Waals surface area (Å²) in [5, 5.41) is 2.88. The summed E-state index contributed by atoms with van der Waals surface area (Å²) < 4.78 is 5.17. The van der Waals surface area contributed by atoms with E-state index < -0.39 is 0 Å². The van der Waals surface area contributed by atoms with E-state index >= 15 is 0 Å². The van der Waals surface area contributed by atoms with E-state index in [2.05, 4.69) is 5.32 Å². The number of carbonyl (C=O) groups is 2. The van der Waals surface area contributed by atoms with Gasteiger partial charge < -0.3 is 20.7 Å². The molecule has 0 radical (unpaired) electrons. The van der Waals surface area contributed by atoms with Crippen molar-refractivity contribution in [2.75, 3.05) is 25.1 Å². The Kier molecular flexibility index (Phi) is 4.80. The van der Waals surface area contributed by atoms with Crippen LogP contribution >= 0.6 is 0 Å². The van der Waals surface area contributed by atoms with Gasteiger partial charge in [-0.3, -0.25) is 9.59 Å². The molecule has 2 amide bonds. The molecule has 6 heteroatoms. The van der Waals surface area contributed by atoms with Crippen molar-refractivity contribution in [2.24, 2.45) is 11.7 Å². The van der Waals surface area contributed by atoms with Gasteiger partial charge in [-0.1, -0.05) is 13.0 Å². The zero-order valence-corrected chi connectivity index (χ0v) is 12.3. The quantitative estimate of drug-likeness (QED) is 0.828. The lowest BCUT2D eigenvalue weighted by Gasteiger charge is -2.18. The molecule has 1 saturated heterocycles. The number of methoxy groups -OCH3 is 1. The molecule has 3 N–H and O–H groups in total. The first-order valence-electron chi connectivity index (χ1n) is 7.00. The van der Waals surface area contributed by atoms with E-state index in [1.807, 2.05) is 24.3 Å².